The van der Waals surface area contributed by atoms with Gasteiger partial charge in [-0.25, -0.2) is 0 Å². The Labute approximate surface area is 175 Å². The van der Waals surface area contributed by atoms with Gasteiger partial charge in [0.1, 0.15) is 30.4 Å². The smallest absolute Gasteiger partial charge is 0.321 e. The molecule has 1 saturated heterocycles. The predicted molar refractivity (Wildman–Crippen MR) is 93.9 cm³/mol. The molecule has 1 rings (SSSR count). The first kappa shape index (κ1) is 24.7. The van der Waals surface area contributed by atoms with Crippen molar-refractivity contribution in [2.45, 2.75) is 44.1 Å². The summed E-state index contributed by atoms with van der Waals surface area (Å²) in [6, 6.07) is 0. The van der Waals surface area contributed by atoms with E-state index in [4.69, 9.17) is 58.5 Å². The largest absolute Gasteiger partial charge is 0.462 e. The second kappa shape index (κ2) is 12.3. The van der Waals surface area contributed by atoms with E-state index in [1.165, 1.54) is 6.92 Å². The van der Waals surface area contributed by atoms with E-state index in [2.05, 4.69) is 0 Å². The average molecular weight is 466 g/mol. The van der Waals surface area contributed by atoms with Crippen molar-refractivity contribution in [1.29, 1.82) is 0 Å². The van der Waals surface area contributed by atoms with Crippen molar-refractivity contribution in [1.82, 2.24) is 0 Å². The van der Waals surface area contributed by atoms with Crippen molar-refractivity contribution in [2.75, 3.05) is 24.2 Å². The van der Waals surface area contributed by atoms with Crippen LogP contribution in [0.15, 0.2) is 0 Å². The Bertz CT molecular complexity index is 572. The van der Waals surface area contributed by atoms with Gasteiger partial charge in [-0.05, 0) is 0 Å². The van der Waals surface area contributed by atoms with Gasteiger partial charge in [-0.15, -0.1) is 34.8 Å². The molecule has 1 heterocycles. The zero-order chi connectivity index (χ0) is 21.3. The summed E-state index contributed by atoms with van der Waals surface area (Å²) in [6.45, 7) is 0.997. The molecule has 1 N–H and O–H groups in total. The van der Waals surface area contributed by atoms with Gasteiger partial charge in [0, 0.05) is 6.42 Å². The molecular formula is C15H19Cl3O10. The van der Waals surface area contributed by atoms with E-state index in [0.717, 1.165) is 0 Å². The summed E-state index contributed by atoms with van der Waals surface area (Å²) in [6.07, 6.45) is -7.58. The van der Waals surface area contributed by atoms with E-state index in [1.807, 2.05) is 0 Å². The minimum Gasteiger partial charge on any atom is -0.462 e. The third-order valence-corrected chi connectivity index (χ3v) is 4.09. The predicted octanol–water partition coefficient (Wildman–Crippen LogP) is 0.109. The van der Waals surface area contributed by atoms with Crippen molar-refractivity contribution in [2.24, 2.45) is 0 Å². The molecule has 0 bridgehead atoms. The Morgan fingerprint density at radius 1 is 0.821 bits per heavy atom. The minimum absolute atomic E-state index is 0.0638. The summed E-state index contributed by atoms with van der Waals surface area (Å²) in [5.41, 5.74) is 0. The second-order valence-electron chi connectivity index (χ2n) is 5.37. The fourth-order valence-electron chi connectivity index (χ4n) is 2.25. The fourth-order valence-corrected chi connectivity index (χ4v) is 2.45. The van der Waals surface area contributed by atoms with Crippen molar-refractivity contribution < 1.29 is 48.0 Å². The monoisotopic (exact) mass is 464 g/mol. The van der Waals surface area contributed by atoms with E-state index in [1.54, 1.807) is 0 Å². The highest BCUT2D eigenvalue weighted by molar-refractivity contribution is 6.27. The van der Waals surface area contributed by atoms with Gasteiger partial charge in [-0.1, -0.05) is 6.92 Å². The number of alkyl halides is 3. The summed E-state index contributed by atoms with van der Waals surface area (Å²) >= 11 is 16.2. The number of ether oxygens (including phenoxy) is 5. The van der Waals surface area contributed by atoms with Crippen LogP contribution in [0.1, 0.15) is 13.3 Å². The normalized spacial score (nSPS) is 26.8. The van der Waals surface area contributed by atoms with Crippen LogP contribution >= 0.6 is 34.8 Å². The molecule has 1 aliphatic rings. The van der Waals surface area contributed by atoms with Gasteiger partial charge < -0.3 is 28.8 Å². The van der Waals surface area contributed by atoms with Gasteiger partial charge in [0.15, 0.2) is 24.6 Å². The lowest BCUT2D eigenvalue weighted by Crippen LogP contribution is -2.62. The van der Waals surface area contributed by atoms with Crippen LogP contribution in [0.25, 0.3) is 0 Å². The molecular weight excluding hydrogens is 447 g/mol. The Morgan fingerprint density at radius 3 is 1.82 bits per heavy atom. The molecule has 0 spiro atoms. The molecule has 2 unspecified atom stereocenters. The van der Waals surface area contributed by atoms with Crippen LogP contribution in [0.5, 0.6) is 0 Å². The molecule has 13 heteroatoms. The van der Waals surface area contributed by atoms with Crippen LogP contribution in [-0.4, -0.2) is 83.9 Å². The van der Waals surface area contributed by atoms with Crippen LogP contribution in [0.3, 0.4) is 0 Å². The first-order valence-electron chi connectivity index (χ1n) is 8.02. The number of esters is 4. The molecule has 28 heavy (non-hydrogen) atoms. The van der Waals surface area contributed by atoms with Gasteiger partial charge in [0.05, 0.1) is 0 Å². The highest BCUT2D eigenvalue weighted by atomic mass is 35.5. The molecule has 5 atom stereocenters. The molecule has 10 nitrogen and oxygen atoms in total. The van der Waals surface area contributed by atoms with Crippen molar-refractivity contribution >= 4 is 58.7 Å². The van der Waals surface area contributed by atoms with E-state index in [0.29, 0.717) is 0 Å². The standard InChI is InChI=1S/C15H19Cl3O10/c1-2-8(19)26-13-12(27-10(21)4-17)7(6-24-9(20)3-16)25-15(23)14(13)28-11(22)5-18/h7,12-15,23H,2-6H2,1H3/t7?,12?,13-,14-,15-/m0/s1. The number of halogens is 3. The lowest BCUT2D eigenvalue weighted by Gasteiger charge is -2.42. The van der Waals surface area contributed by atoms with Crippen molar-refractivity contribution in [3.8, 4) is 0 Å². The SMILES string of the molecule is CCC(=O)O[C@H]1C(OC(=O)CCl)C(COC(=O)CCl)O[C@H](O)[C@H]1OC(=O)CCl. The molecule has 160 valence electrons. The number of aliphatic hydroxyl groups is 1. The van der Waals surface area contributed by atoms with Crippen LogP contribution < -0.4 is 0 Å². The number of hydrogen-bond donors (Lipinski definition) is 1. The zero-order valence-corrected chi connectivity index (χ0v) is 16.9. The lowest BCUT2D eigenvalue weighted by molar-refractivity contribution is -0.296. The summed E-state index contributed by atoms with van der Waals surface area (Å²) in [7, 11) is 0. The molecule has 1 aliphatic heterocycles. The van der Waals surface area contributed by atoms with Gasteiger partial charge in [0.25, 0.3) is 0 Å². The Hall–Kier alpha value is -1.33. The summed E-state index contributed by atoms with van der Waals surface area (Å²) in [5, 5.41) is 10.2. The molecule has 0 radical (unpaired) electrons. The summed E-state index contributed by atoms with van der Waals surface area (Å²) in [4.78, 5) is 46.4. The number of carbonyl (C=O) groups excluding carboxylic acids is 4. The summed E-state index contributed by atoms with van der Waals surface area (Å²) < 4.78 is 25.4. The lowest BCUT2D eigenvalue weighted by atomic mass is 9.98. The number of aliphatic hydroxyl groups excluding tert-OH is 1. The Balaban J connectivity index is 3.17. The van der Waals surface area contributed by atoms with Gasteiger partial charge in [-0.2, -0.15) is 0 Å². The molecule has 0 amide bonds. The molecule has 0 aliphatic carbocycles. The maximum atomic E-state index is 11.8. The van der Waals surface area contributed by atoms with Crippen LogP contribution in [0, 0.1) is 0 Å². The van der Waals surface area contributed by atoms with Crippen LogP contribution in [0.4, 0.5) is 0 Å². The molecule has 1 fully saturated rings. The molecule has 0 aromatic rings. The molecule has 0 saturated carbocycles. The van der Waals surface area contributed by atoms with E-state index in [-0.39, 0.29) is 6.42 Å². The first-order valence-corrected chi connectivity index (χ1v) is 9.63. The fraction of sp³-hybridized carbons (Fsp3) is 0.733. The highest BCUT2D eigenvalue weighted by Crippen LogP contribution is 2.28. The van der Waals surface area contributed by atoms with Gasteiger partial charge >= 0.3 is 23.9 Å². The second-order valence-corrected chi connectivity index (χ2v) is 6.17. The third-order valence-electron chi connectivity index (χ3n) is 3.44. The Morgan fingerprint density at radius 2 is 1.32 bits per heavy atom. The highest BCUT2D eigenvalue weighted by Gasteiger charge is 2.52. The maximum Gasteiger partial charge on any atom is 0.321 e. The van der Waals surface area contributed by atoms with Crippen LogP contribution in [-0.2, 0) is 42.9 Å². The van der Waals surface area contributed by atoms with Crippen molar-refractivity contribution in [3.05, 3.63) is 0 Å². The quantitative estimate of drug-likeness (QED) is 0.284. The van der Waals surface area contributed by atoms with Crippen LogP contribution in [0.2, 0.25) is 0 Å². The van der Waals surface area contributed by atoms with E-state index < -0.39 is 78.8 Å². The maximum absolute atomic E-state index is 11.8. The van der Waals surface area contributed by atoms with E-state index >= 15 is 0 Å². The number of carbonyl (C=O) groups is 4. The zero-order valence-electron chi connectivity index (χ0n) is 14.7. The third kappa shape index (κ3) is 7.25. The average Bonchev–Trinajstić information content (AvgIpc) is 2.69. The number of hydrogen-bond acceptors (Lipinski definition) is 10. The van der Waals surface area contributed by atoms with Crippen molar-refractivity contribution in [3.63, 3.8) is 0 Å². The number of rotatable bonds is 9. The minimum atomic E-state index is -1.80. The van der Waals surface area contributed by atoms with E-state index in [9.17, 15) is 24.3 Å². The summed E-state index contributed by atoms with van der Waals surface area (Å²) in [5.74, 6) is -4.96. The first-order chi connectivity index (χ1) is 13.3. The van der Waals surface area contributed by atoms with Gasteiger partial charge in [0.2, 0.25) is 0 Å². The molecule has 0 aromatic heterocycles. The molecule has 0 aromatic carbocycles. The van der Waals surface area contributed by atoms with Gasteiger partial charge in [-0.3, -0.25) is 19.2 Å². The Kier molecular flexibility index (Phi) is 10.8. The topological polar surface area (TPSA) is 135 Å².